The van der Waals surface area contributed by atoms with Crippen LogP contribution in [0.4, 0.5) is 10.5 Å². The average Bonchev–Trinajstić information content (AvgIpc) is 2.22. The van der Waals surface area contributed by atoms with Crippen LogP contribution < -0.4 is 10.6 Å². The Morgan fingerprint density at radius 1 is 1.56 bits per heavy atom. The van der Waals surface area contributed by atoms with Gasteiger partial charge in [-0.15, -0.1) is 0 Å². The zero-order valence-electron chi connectivity index (χ0n) is 9.25. The molecule has 0 radical (unpaired) electrons. The van der Waals surface area contributed by atoms with E-state index in [1.165, 1.54) is 0 Å². The standard InChI is InChI=1S/C11H15ClN2O2/c1-7-5-9(12)3-4-10(7)14-11(16)13-8(2)6-15/h3-5,8,15H,6H2,1-2H3,(H2,13,14,16)/t8-/m0/s1. The van der Waals surface area contributed by atoms with E-state index in [1.807, 2.05) is 6.92 Å². The minimum absolute atomic E-state index is 0.0903. The van der Waals surface area contributed by atoms with Gasteiger partial charge in [-0.2, -0.15) is 0 Å². The van der Waals surface area contributed by atoms with Gasteiger partial charge in [0.15, 0.2) is 0 Å². The van der Waals surface area contributed by atoms with Crippen molar-refractivity contribution in [2.75, 3.05) is 11.9 Å². The van der Waals surface area contributed by atoms with Gasteiger partial charge in [0.1, 0.15) is 0 Å². The average molecular weight is 243 g/mol. The summed E-state index contributed by atoms with van der Waals surface area (Å²) < 4.78 is 0. The fourth-order valence-corrected chi connectivity index (χ4v) is 1.42. The van der Waals surface area contributed by atoms with E-state index in [0.717, 1.165) is 5.56 Å². The molecule has 5 heteroatoms. The van der Waals surface area contributed by atoms with Crippen LogP contribution in [-0.2, 0) is 0 Å². The number of aliphatic hydroxyl groups is 1. The van der Waals surface area contributed by atoms with Crippen LogP contribution in [0.2, 0.25) is 5.02 Å². The summed E-state index contributed by atoms with van der Waals surface area (Å²) in [6.07, 6.45) is 0. The van der Waals surface area contributed by atoms with Gasteiger partial charge in [-0.25, -0.2) is 4.79 Å². The lowest BCUT2D eigenvalue weighted by Crippen LogP contribution is -2.38. The number of aryl methyl sites for hydroxylation is 1. The molecule has 0 bridgehead atoms. The van der Waals surface area contributed by atoms with E-state index < -0.39 is 0 Å². The summed E-state index contributed by atoms with van der Waals surface area (Å²) in [7, 11) is 0. The molecule has 16 heavy (non-hydrogen) atoms. The molecule has 0 unspecified atom stereocenters. The molecule has 1 aromatic rings. The molecular formula is C11H15ClN2O2. The SMILES string of the molecule is Cc1cc(Cl)ccc1NC(=O)N[C@@H](C)CO. The van der Waals surface area contributed by atoms with Crippen LogP contribution in [0.15, 0.2) is 18.2 Å². The minimum atomic E-state index is -0.341. The number of carbonyl (C=O) groups is 1. The van der Waals surface area contributed by atoms with E-state index >= 15 is 0 Å². The van der Waals surface area contributed by atoms with Gasteiger partial charge in [0.25, 0.3) is 0 Å². The first-order chi connectivity index (χ1) is 7.52. The first-order valence-electron chi connectivity index (χ1n) is 4.97. The van der Waals surface area contributed by atoms with Crippen LogP contribution in [0.3, 0.4) is 0 Å². The zero-order valence-corrected chi connectivity index (χ0v) is 10.0. The van der Waals surface area contributed by atoms with Crippen LogP contribution in [0.1, 0.15) is 12.5 Å². The third kappa shape index (κ3) is 3.72. The highest BCUT2D eigenvalue weighted by Crippen LogP contribution is 2.19. The number of nitrogens with one attached hydrogen (secondary N) is 2. The van der Waals surface area contributed by atoms with E-state index in [0.29, 0.717) is 10.7 Å². The molecule has 0 aliphatic carbocycles. The normalized spacial score (nSPS) is 12.0. The molecule has 88 valence electrons. The maximum Gasteiger partial charge on any atom is 0.319 e. The lowest BCUT2D eigenvalue weighted by Gasteiger charge is -2.13. The second-order valence-corrected chi connectivity index (χ2v) is 4.08. The molecule has 0 heterocycles. The molecule has 4 nitrogen and oxygen atoms in total. The number of urea groups is 1. The van der Waals surface area contributed by atoms with Crippen molar-refractivity contribution in [2.45, 2.75) is 19.9 Å². The van der Waals surface area contributed by atoms with Gasteiger partial charge in [0, 0.05) is 10.7 Å². The maximum atomic E-state index is 11.5. The highest BCUT2D eigenvalue weighted by Gasteiger charge is 2.07. The second-order valence-electron chi connectivity index (χ2n) is 3.64. The molecule has 1 rings (SSSR count). The van der Waals surface area contributed by atoms with Crippen molar-refractivity contribution in [3.63, 3.8) is 0 Å². The predicted octanol–water partition coefficient (Wildman–Crippen LogP) is 2.15. The van der Waals surface area contributed by atoms with E-state index in [-0.39, 0.29) is 18.7 Å². The molecular weight excluding hydrogens is 228 g/mol. The van der Waals surface area contributed by atoms with Crippen LogP contribution in [0, 0.1) is 6.92 Å². The third-order valence-corrected chi connectivity index (χ3v) is 2.32. The van der Waals surface area contributed by atoms with Crippen LogP contribution in [0.5, 0.6) is 0 Å². The van der Waals surface area contributed by atoms with E-state index in [2.05, 4.69) is 10.6 Å². The quantitative estimate of drug-likeness (QED) is 0.761. The molecule has 0 aromatic heterocycles. The summed E-state index contributed by atoms with van der Waals surface area (Å²) in [5, 5.41) is 14.7. The largest absolute Gasteiger partial charge is 0.394 e. The van der Waals surface area contributed by atoms with Gasteiger partial charge in [-0.05, 0) is 37.6 Å². The Balaban J connectivity index is 2.63. The van der Waals surface area contributed by atoms with E-state index in [1.54, 1.807) is 25.1 Å². The summed E-state index contributed by atoms with van der Waals surface area (Å²) >= 11 is 5.80. The van der Waals surface area contributed by atoms with Crippen molar-refractivity contribution in [1.29, 1.82) is 0 Å². The number of benzene rings is 1. The Kier molecular flexibility index (Phi) is 4.58. The first kappa shape index (κ1) is 12.8. The molecule has 1 aromatic carbocycles. The van der Waals surface area contributed by atoms with E-state index in [4.69, 9.17) is 16.7 Å². The molecule has 0 saturated carbocycles. The van der Waals surface area contributed by atoms with Crippen molar-refractivity contribution < 1.29 is 9.90 Å². The number of hydrogen-bond donors (Lipinski definition) is 3. The van der Waals surface area contributed by atoms with Crippen LogP contribution in [-0.4, -0.2) is 23.8 Å². The molecule has 1 atom stereocenters. The van der Waals surface area contributed by atoms with Gasteiger partial charge < -0.3 is 15.7 Å². The molecule has 0 fully saturated rings. The fourth-order valence-electron chi connectivity index (χ4n) is 1.20. The Bertz CT molecular complexity index is 382. The van der Waals surface area contributed by atoms with Crippen molar-refractivity contribution in [1.82, 2.24) is 5.32 Å². The number of anilines is 1. The highest BCUT2D eigenvalue weighted by atomic mass is 35.5. The van der Waals surface area contributed by atoms with Gasteiger partial charge in [-0.3, -0.25) is 0 Å². The molecule has 2 amide bonds. The Morgan fingerprint density at radius 2 is 2.25 bits per heavy atom. The summed E-state index contributed by atoms with van der Waals surface area (Å²) in [5.41, 5.74) is 1.59. The zero-order chi connectivity index (χ0) is 12.1. The lowest BCUT2D eigenvalue weighted by molar-refractivity contribution is 0.229. The molecule has 0 saturated heterocycles. The maximum absolute atomic E-state index is 11.5. The van der Waals surface area contributed by atoms with Gasteiger partial charge in [-0.1, -0.05) is 11.6 Å². The molecule has 3 N–H and O–H groups in total. The highest BCUT2D eigenvalue weighted by molar-refractivity contribution is 6.30. The van der Waals surface area contributed by atoms with Crippen molar-refractivity contribution in [3.05, 3.63) is 28.8 Å². The first-order valence-corrected chi connectivity index (χ1v) is 5.35. The number of aliphatic hydroxyl groups excluding tert-OH is 1. The van der Waals surface area contributed by atoms with Gasteiger partial charge in [0.2, 0.25) is 0 Å². The lowest BCUT2D eigenvalue weighted by atomic mass is 10.2. The van der Waals surface area contributed by atoms with Crippen molar-refractivity contribution in [3.8, 4) is 0 Å². The third-order valence-electron chi connectivity index (χ3n) is 2.09. The molecule has 0 aliphatic heterocycles. The fraction of sp³-hybridized carbons (Fsp3) is 0.364. The molecule has 0 spiro atoms. The number of hydrogen-bond acceptors (Lipinski definition) is 2. The van der Waals surface area contributed by atoms with Crippen LogP contribution in [0.25, 0.3) is 0 Å². The summed E-state index contributed by atoms with van der Waals surface area (Å²) in [6.45, 7) is 3.48. The molecule has 0 aliphatic rings. The number of carbonyl (C=O) groups excluding carboxylic acids is 1. The topological polar surface area (TPSA) is 61.4 Å². The summed E-state index contributed by atoms with van der Waals surface area (Å²) in [5.74, 6) is 0. The smallest absolute Gasteiger partial charge is 0.319 e. The number of rotatable bonds is 3. The Morgan fingerprint density at radius 3 is 2.81 bits per heavy atom. The van der Waals surface area contributed by atoms with E-state index in [9.17, 15) is 4.79 Å². The van der Waals surface area contributed by atoms with Crippen LogP contribution >= 0.6 is 11.6 Å². The predicted molar refractivity (Wildman–Crippen MR) is 64.9 cm³/mol. The number of halogens is 1. The summed E-state index contributed by atoms with van der Waals surface area (Å²) in [6, 6.07) is 4.60. The minimum Gasteiger partial charge on any atom is -0.394 e. The monoisotopic (exact) mass is 242 g/mol. The van der Waals surface area contributed by atoms with Crippen molar-refractivity contribution in [2.24, 2.45) is 0 Å². The second kappa shape index (κ2) is 5.72. The Labute approximate surface area is 99.6 Å². The van der Waals surface area contributed by atoms with Gasteiger partial charge in [0.05, 0.1) is 12.6 Å². The number of amides is 2. The summed E-state index contributed by atoms with van der Waals surface area (Å²) in [4.78, 5) is 11.5. The Hall–Kier alpha value is -1.26. The van der Waals surface area contributed by atoms with Crippen molar-refractivity contribution >= 4 is 23.3 Å². The van der Waals surface area contributed by atoms with Gasteiger partial charge >= 0.3 is 6.03 Å².